The number of esters is 1. The van der Waals surface area contributed by atoms with E-state index in [0.29, 0.717) is 24.7 Å². The molecule has 0 aromatic heterocycles. The van der Waals surface area contributed by atoms with Gasteiger partial charge in [-0.1, -0.05) is 17.7 Å². The Hall–Kier alpha value is -2.45. The quantitative estimate of drug-likeness (QED) is 0.738. The lowest BCUT2D eigenvalue weighted by Gasteiger charge is -2.26. The van der Waals surface area contributed by atoms with E-state index in [-0.39, 0.29) is 21.2 Å². The van der Waals surface area contributed by atoms with Crippen LogP contribution in [0, 0.1) is 0 Å². The molecule has 0 spiro atoms. The lowest BCUT2D eigenvalue weighted by molar-refractivity contribution is 0.0596. The van der Waals surface area contributed by atoms with E-state index in [0.717, 1.165) is 4.31 Å². The van der Waals surface area contributed by atoms with Crippen LogP contribution in [0.2, 0.25) is 5.02 Å². The van der Waals surface area contributed by atoms with Crippen LogP contribution in [0.25, 0.3) is 0 Å². The van der Waals surface area contributed by atoms with Crippen molar-refractivity contribution in [3.8, 4) is 11.5 Å². The van der Waals surface area contributed by atoms with E-state index in [4.69, 9.17) is 21.1 Å². The van der Waals surface area contributed by atoms with Gasteiger partial charge in [0.25, 0.3) is 10.0 Å². The zero-order valence-electron chi connectivity index (χ0n) is 14.1. The number of carbonyl (C=O) groups is 1. The molecule has 0 N–H and O–H groups in total. The number of hydrogen-bond acceptors (Lipinski definition) is 6. The third-order valence-electron chi connectivity index (χ3n) is 3.87. The topological polar surface area (TPSA) is 82.1 Å². The summed E-state index contributed by atoms with van der Waals surface area (Å²) in [5, 5.41) is 0.180. The minimum Gasteiger partial charge on any atom is -0.486 e. The highest BCUT2D eigenvalue weighted by Crippen LogP contribution is 2.41. The Kier molecular flexibility index (Phi) is 4.97. The van der Waals surface area contributed by atoms with Gasteiger partial charge in [0.2, 0.25) is 0 Å². The third-order valence-corrected chi connectivity index (χ3v) is 5.92. The van der Waals surface area contributed by atoms with Crippen molar-refractivity contribution in [2.45, 2.75) is 4.90 Å². The largest absolute Gasteiger partial charge is 0.486 e. The number of carbonyl (C=O) groups excluding carboxylic acids is 1. The fourth-order valence-electron chi connectivity index (χ4n) is 2.57. The molecular formula is C17H16ClNO6S. The van der Waals surface area contributed by atoms with Gasteiger partial charge in [-0.25, -0.2) is 13.2 Å². The Morgan fingerprint density at radius 1 is 1.19 bits per heavy atom. The number of rotatable bonds is 4. The maximum absolute atomic E-state index is 13.2. The van der Waals surface area contributed by atoms with Crippen LogP contribution in [0.1, 0.15) is 10.4 Å². The summed E-state index contributed by atoms with van der Waals surface area (Å²) in [4.78, 5) is 11.7. The standard InChI is InChI=1S/C17H16ClNO6S/c1-19(13-4-3-5-14-16(13)25-9-8-24-14)26(21,22)15-10-11(18)6-7-12(15)17(20)23-2/h3-7,10H,8-9H2,1-2H3. The van der Waals surface area contributed by atoms with Gasteiger partial charge < -0.3 is 14.2 Å². The van der Waals surface area contributed by atoms with Crippen LogP contribution in [-0.2, 0) is 14.8 Å². The molecule has 0 unspecified atom stereocenters. The summed E-state index contributed by atoms with van der Waals surface area (Å²) in [5.74, 6) is 0.00451. The SMILES string of the molecule is COC(=O)c1ccc(Cl)cc1S(=O)(=O)N(C)c1cccc2c1OCCO2. The Bertz CT molecular complexity index is 960. The van der Waals surface area contributed by atoms with Gasteiger partial charge in [-0.15, -0.1) is 0 Å². The second-order valence-electron chi connectivity index (χ2n) is 5.41. The van der Waals surface area contributed by atoms with Crippen LogP contribution in [0.4, 0.5) is 5.69 Å². The molecule has 3 rings (SSSR count). The van der Waals surface area contributed by atoms with Crippen LogP contribution in [0.5, 0.6) is 11.5 Å². The molecule has 0 bridgehead atoms. The first-order valence-electron chi connectivity index (χ1n) is 7.61. The van der Waals surface area contributed by atoms with Gasteiger partial charge in [0.1, 0.15) is 18.1 Å². The molecule has 0 aliphatic carbocycles. The minimum absolute atomic E-state index is 0.106. The molecule has 1 aliphatic heterocycles. The predicted octanol–water partition coefficient (Wildman–Crippen LogP) is 2.72. The normalized spacial score (nSPS) is 13.2. The van der Waals surface area contributed by atoms with E-state index in [9.17, 15) is 13.2 Å². The Morgan fingerprint density at radius 2 is 1.92 bits per heavy atom. The lowest BCUT2D eigenvalue weighted by Crippen LogP contribution is -2.29. The second kappa shape index (κ2) is 7.05. The van der Waals surface area contributed by atoms with Crippen molar-refractivity contribution in [1.29, 1.82) is 0 Å². The number of benzene rings is 2. The van der Waals surface area contributed by atoms with E-state index in [1.807, 2.05) is 0 Å². The lowest BCUT2D eigenvalue weighted by atomic mass is 10.2. The molecule has 0 saturated carbocycles. The van der Waals surface area contributed by atoms with Gasteiger partial charge in [-0.2, -0.15) is 0 Å². The van der Waals surface area contributed by atoms with Crippen LogP contribution in [0.15, 0.2) is 41.3 Å². The van der Waals surface area contributed by atoms with Crippen molar-refractivity contribution < 1.29 is 27.4 Å². The Labute approximate surface area is 156 Å². The van der Waals surface area contributed by atoms with Gasteiger partial charge in [-0.3, -0.25) is 4.31 Å². The number of fused-ring (bicyclic) bond motifs is 1. The van der Waals surface area contributed by atoms with Crippen molar-refractivity contribution in [2.24, 2.45) is 0 Å². The maximum atomic E-state index is 13.2. The van der Waals surface area contributed by atoms with E-state index < -0.39 is 16.0 Å². The fraction of sp³-hybridized carbons (Fsp3) is 0.235. The molecule has 2 aromatic rings. The minimum atomic E-state index is -4.12. The van der Waals surface area contributed by atoms with Gasteiger partial charge in [0, 0.05) is 12.1 Å². The predicted molar refractivity (Wildman–Crippen MR) is 95.8 cm³/mol. The third kappa shape index (κ3) is 3.17. The highest BCUT2D eigenvalue weighted by atomic mass is 35.5. The van der Waals surface area contributed by atoms with Crippen LogP contribution in [0.3, 0.4) is 0 Å². The number of sulfonamides is 1. The molecule has 0 saturated heterocycles. The van der Waals surface area contributed by atoms with Crippen LogP contribution in [-0.4, -0.2) is 41.8 Å². The van der Waals surface area contributed by atoms with Crippen molar-refractivity contribution in [3.05, 3.63) is 47.0 Å². The van der Waals surface area contributed by atoms with E-state index >= 15 is 0 Å². The molecule has 9 heteroatoms. The molecule has 0 atom stereocenters. The van der Waals surface area contributed by atoms with Crippen molar-refractivity contribution in [2.75, 3.05) is 31.7 Å². The molecule has 7 nitrogen and oxygen atoms in total. The molecular weight excluding hydrogens is 382 g/mol. The molecule has 0 amide bonds. The number of methoxy groups -OCH3 is 1. The summed E-state index contributed by atoms with van der Waals surface area (Å²) in [6.07, 6.45) is 0. The number of para-hydroxylation sites is 1. The molecule has 138 valence electrons. The number of nitrogens with zero attached hydrogens (tertiary/aromatic N) is 1. The first kappa shape index (κ1) is 18.3. The van der Waals surface area contributed by atoms with E-state index in [1.54, 1.807) is 18.2 Å². The first-order chi connectivity index (χ1) is 12.4. The second-order valence-corrected chi connectivity index (χ2v) is 7.78. The number of hydrogen-bond donors (Lipinski definition) is 0. The fourth-order valence-corrected chi connectivity index (χ4v) is 4.21. The number of anilines is 1. The summed E-state index contributed by atoms with van der Waals surface area (Å²) in [5.41, 5.74) is 0.184. The maximum Gasteiger partial charge on any atom is 0.339 e. The highest BCUT2D eigenvalue weighted by molar-refractivity contribution is 7.92. The molecule has 1 heterocycles. The van der Waals surface area contributed by atoms with Crippen LogP contribution >= 0.6 is 11.6 Å². The Morgan fingerprint density at radius 3 is 2.65 bits per heavy atom. The molecule has 0 radical (unpaired) electrons. The summed E-state index contributed by atoms with van der Waals surface area (Å²) in [7, 11) is -1.58. The smallest absolute Gasteiger partial charge is 0.339 e. The average Bonchev–Trinajstić information content (AvgIpc) is 2.66. The summed E-state index contributed by atoms with van der Waals surface area (Å²) in [6, 6.07) is 8.90. The average molecular weight is 398 g/mol. The van der Waals surface area contributed by atoms with Crippen molar-refractivity contribution in [3.63, 3.8) is 0 Å². The molecule has 0 fully saturated rings. The molecule has 2 aromatic carbocycles. The molecule has 1 aliphatic rings. The zero-order chi connectivity index (χ0) is 18.9. The van der Waals surface area contributed by atoms with Crippen molar-refractivity contribution >= 4 is 33.3 Å². The first-order valence-corrected chi connectivity index (χ1v) is 9.43. The highest BCUT2D eigenvalue weighted by Gasteiger charge is 2.31. The zero-order valence-corrected chi connectivity index (χ0v) is 15.6. The summed E-state index contributed by atoms with van der Waals surface area (Å²) in [6.45, 7) is 0.691. The van der Waals surface area contributed by atoms with Gasteiger partial charge >= 0.3 is 5.97 Å². The number of halogens is 1. The number of ether oxygens (including phenoxy) is 3. The van der Waals surface area contributed by atoms with Gasteiger partial charge in [-0.05, 0) is 30.3 Å². The van der Waals surface area contributed by atoms with Crippen molar-refractivity contribution in [1.82, 2.24) is 0 Å². The van der Waals surface area contributed by atoms with Gasteiger partial charge in [0.05, 0.1) is 18.4 Å². The van der Waals surface area contributed by atoms with E-state index in [2.05, 4.69) is 4.74 Å². The molecule has 26 heavy (non-hydrogen) atoms. The van der Waals surface area contributed by atoms with Gasteiger partial charge in [0.15, 0.2) is 11.5 Å². The monoisotopic (exact) mass is 397 g/mol. The summed E-state index contributed by atoms with van der Waals surface area (Å²) < 4.78 is 43.1. The van der Waals surface area contributed by atoms with Crippen LogP contribution < -0.4 is 13.8 Å². The summed E-state index contributed by atoms with van der Waals surface area (Å²) >= 11 is 5.96. The van der Waals surface area contributed by atoms with E-state index in [1.165, 1.54) is 32.4 Å². The Balaban J connectivity index is 2.13.